The molecule has 2 fully saturated rings. The van der Waals surface area contributed by atoms with E-state index >= 15 is 0 Å². The molecule has 2 aromatic carbocycles. The maximum atomic E-state index is 13.6. The number of carbonyl (C=O) groups excluding carboxylic acids is 1. The number of carbonyl (C=O) groups is 1. The third-order valence-electron chi connectivity index (χ3n) is 6.29. The van der Waals surface area contributed by atoms with E-state index in [4.69, 9.17) is 4.42 Å². The molecule has 0 radical (unpaired) electrons. The highest BCUT2D eigenvalue weighted by atomic mass is 32.1. The molecular formula is C24H22N4O2S. The van der Waals surface area contributed by atoms with Gasteiger partial charge in [-0.1, -0.05) is 42.5 Å². The largest absolute Gasteiger partial charge is 0.424 e. The standard InChI is InChI=1S/C24H22N4O2S/c1-14-26-21(22(31-14)15-7-3-2-4-8-15)23(29)28-13-16-11-17(16)19(28)12-25-24-27-18-9-5-6-10-20(18)30-24/h2-10,16-17,19H,11-13H2,1H3,(H,25,27). The molecule has 1 aliphatic heterocycles. The van der Waals surface area contributed by atoms with E-state index in [1.807, 2.05) is 66.4 Å². The zero-order valence-electron chi connectivity index (χ0n) is 17.1. The molecule has 2 aliphatic rings. The molecule has 6 nitrogen and oxygen atoms in total. The third kappa shape index (κ3) is 3.29. The molecule has 0 bridgehead atoms. The number of rotatable bonds is 5. The maximum Gasteiger partial charge on any atom is 0.295 e. The smallest absolute Gasteiger partial charge is 0.295 e. The molecule has 3 unspecified atom stereocenters. The van der Waals surface area contributed by atoms with Crippen LogP contribution in [-0.2, 0) is 0 Å². The first-order chi connectivity index (χ1) is 15.2. The molecule has 1 saturated carbocycles. The van der Waals surface area contributed by atoms with Crippen molar-refractivity contribution in [3.63, 3.8) is 0 Å². The van der Waals surface area contributed by atoms with Gasteiger partial charge in [0.1, 0.15) is 11.2 Å². The fraction of sp³-hybridized carbons (Fsp3) is 0.292. The Hall–Kier alpha value is -3.19. The van der Waals surface area contributed by atoms with Crippen molar-refractivity contribution in [2.75, 3.05) is 18.4 Å². The number of benzene rings is 2. The number of nitrogens with one attached hydrogen (secondary N) is 1. The summed E-state index contributed by atoms with van der Waals surface area (Å²) in [5, 5.41) is 4.24. The number of thiazole rings is 1. The number of likely N-dealkylation sites (tertiary alicyclic amines) is 1. The van der Waals surface area contributed by atoms with Gasteiger partial charge in [-0.25, -0.2) is 4.98 Å². The summed E-state index contributed by atoms with van der Waals surface area (Å²) in [5.41, 5.74) is 3.21. The van der Waals surface area contributed by atoms with Gasteiger partial charge in [-0.2, -0.15) is 4.98 Å². The summed E-state index contributed by atoms with van der Waals surface area (Å²) in [6, 6.07) is 18.4. The van der Waals surface area contributed by atoms with Gasteiger partial charge in [0.2, 0.25) is 0 Å². The van der Waals surface area contributed by atoms with Gasteiger partial charge in [0.25, 0.3) is 11.9 Å². The van der Waals surface area contributed by atoms with Crippen molar-refractivity contribution in [1.82, 2.24) is 14.9 Å². The van der Waals surface area contributed by atoms with Gasteiger partial charge in [-0.3, -0.25) is 4.79 Å². The number of oxazole rings is 1. The highest BCUT2D eigenvalue weighted by Gasteiger charge is 2.54. The highest BCUT2D eigenvalue weighted by Crippen LogP contribution is 2.50. The molecule has 4 aromatic rings. The van der Waals surface area contributed by atoms with E-state index in [-0.39, 0.29) is 11.9 Å². The minimum absolute atomic E-state index is 0.0276. The van der Waals surface area contributed by atoms with Crippen LogP contribution in [0.5, 0.6) is 0 Å². The minimum Gasteiger partial charge on any atom is -0.424 e. The number of fused-ring (bicyclic) bond motifs is 2. The van der Waals surface area contributed by atoms with Crippen molar-refractivity contribution in [3.8, 4) is 10.4 Å². The second-order valence-electron chi connectivity index (χ2n) is 8.33. The first kappa shape index (κ1) is 18.6. The number of nitrogens with zero attached hydrogens (tertiary/aromatic N) is 3. The molecule has 1 aliphatic carbocycles. The van der Waals surface area contributed by atoms with Crippen molar-refractivity contribution in [3.05, 3.63) is 65.3 Å². The van der Waals surface area contributed by atoms with Gasteiger partial charge in [0, 0.05) is 13.1 Å². The average Bonchev–Trinajstić information content (AvgIpc) is 3.12. The van der Waals surface area contributed by atoms with Crippen LogP contribution in [0.1, 0.15) is 21.9 Å². The van der Waals surface area contributed by atoms with Crippen molar-refractivity contribution >= 4 is 34.4 Å². The van der Waals surface area contributed by atoms with Crippen LogP contribution in [-0.4, -0.2) is 39.9 Å². The number of amides is 1. The Morgan fingerprint density at radius 1 is 1.16 bits per heavy atom. The van der Waals surface area contributed by atoms with Crippen LogP contribution in [0.4, 0.5) is 6.01 Å². The lowest BCUT2D eigenvalue weighted by atomic mass is 10.1. The lowest BCUT2D eigenvalue weighted by Crippen LogP contribution is -2.42. The fourth-order valence-electron chi connectivity index (χ4n) is 4.70. The summed E-state index contributed by atoms with van der Waals surface area (Å²) in [6.07, 6.45) is 1.19. The molecule has 3 atom stereocenters. The Morgan fingerprint density at radius 2 is 1.97 bits per heavy atom. The van der Waals surface area contributed by atoms with E-state index in [0.717, 1.165) is 33.1 Å². The summed E-state index contributed by atoms with van der Waals surface area (Å²) >= 11 is 1.58. The van der Waals surface area contributed by atoms with Gasteiger partial charge in [0.05, 0.1) is 15.9 Å². The van der Waals surface area contributed by atoms with Crippen LogP contribution in [0.3, 0.4) is 0 Å². The predicted octanol–water partition coefficient (Wildman–Crippen LogP) is 4.83. The number of hydrogen-bond acceptors (Lipinski definition) is 6. The van der Waals surface area contributed by atoms with Gasteiger partial charge in [0.15, 0.2) is 5.58 Å². The van der Waals surface area contributed by atoms with E-state index in [2.05, 4.69) is 15.3 Å². The molecule has 1 saturated heterocycles. The zero-order valence-corrected chi connectivity index (χ0v) is 17.9. The van der Waals surface area contributed by atoms with E-state index in [9.17, 15) is 4.79 Å². The van der Waals surface area contributed by atoms with Crippen LogP contribution in [0.15, 0.2) is 59.0 Å². The molecule has 6 rings (SSSR count). The molecule has 7 heteroatoms. The maximum absolute atomic E-state index is 13.6. The van der Waals surface area contributed by atoms with Crippen molar-refractivity contribution in [2.24, 2.45) is 11.8 Å². The van der Waals surface area contributed by atoms with Crippen molar-refractivity contribution in [2.45, 2.75) is 19.4 Å². The predicted molar refractivity (Wildman–Crippen MR) is 121 cm³/mol. The second kappa shape index (κ2) is 7.20. The van der Waals surface area contributed by atoms with Gasteiger partial charge < -0.3 is 14.6 Å². The Bertz CT molecular complexity index is 1230. The lowest BCUT2D eigenvalue weighted by molar-refractivity contribution is 0.0710. The van der Waals surface area contributed by atoms with E-state index in [0.29, 0.717) is 30.1 Å². The first-order valence-electron chi connectivity index (χ1n) is 10.6. The number of piperidine rings is 1. The van der Waals surface area contributed by atoms with Crippen LogP contribution in [0, 0.1) is 18.8 Å². The number of para-hydroxylation sites is 2. The summed E-state index contributed by atoms with van der Waals surface area (Å²) in [7, 11) is 0. The van der Waals surface area contributed by atoms with Crippen LogP contribution in [0.2, 0.25) is 0 Å². The Morgan fingerprint density at radius 3 is 2.81 bits per heavy atom. The van der Waals surface area contributed by atoms with Gasteiger partial charge in [-0.15, -0.1) is 11.3 Å². The molecule has 1 amide bonds. The number of anilines is 1. The zero-order chi connectivity index (χ0) is 20.9. The summed E-state index contributed by atoms with van der Waals surface area (Å²) < 4.78 is 5.80. The van der Waals surface area contributed by atoms with Crippen LogP contribution < -0.4 is 5.32 Å². The lowest BCUT2D eigenvalue weighted by Gasteiger charge is -2.27. The molecular weight excluding hydrogens is 408 g/mol. The monoisotopic (exact) mass is 430 g/mol. The quantitative estimate of drug-likeness (QED) is 0.491. The molecule has 0 spiro atoms. The topological polar surface area (TPSA) is 71.3 Å². The summed E-state index contributed by atoms with van der Waals surface area (Å²) in [4.78, 5) is 25.7. The van der Waals surface area contributed by atoms with Crippen molar-refractivity contribution < 1.29 is 9.21 Å². The highest BCUT2D eigenvalue weighted by molar-refractivity contribution is 7.15. The van der Waals surface area contributed by atoms with E-state index in [1.165, 1.54) is 6.42 Å². The molecule has 156 valence electrons. The Kier molecular flexibility index (Phi) is 4.31. The SMILES string of the molecule is Cc1nc(C(=O)N2CC3CC3C2CNc2nc3ccccc3o2)c(-c2ccccc2)s1. The Labute approximate surface area is 183 Å². The minimum atomic E-state index is 0.0276. The van der Waals surface area contributed by atoms with E-state index < -0.39 is 0 Å². The molecule has 2 aromatic heterocycles. The first-order valence-corrected chi connectivity index (χ1v) is 11.4. The molecule has 1 N–H and O–H groups in total. The fourth-order valence-corrected chi connectivity index (χ4v) is 5.62. The van der Waals surface area contributed by atoms with Crippen LogP contribution >= 0.6 is 11.3 Å². The average molecular weight is 431 g/mol. The van der Waals surface area contributed by atoms with Crippen LogP contribution in [0.25, 0.3) is 21.5 Å². The number of aryl methyl sites for hydroxylation is 1. The molecule has 3 heterocycles. The van der Waals surface area contributed by atoms with Crippen molar-refractivity contribution in [1.29, 1.82) is 0 Å². The van der Waals surface area contributed by atoms with E-state index in [1.54, 1.807) is 11.3 Å². The number of aromatic nitrogens is 2. The summed E-state index contributed by atoms with van der Waals surface area (Å²) in [6.45, 7) is 3.39. The van der Waals surface area contributed by atoms with Gasteiger partial charge >= 0.3 is 0 Å². The molecule has 31 heavy (non-hydrogen) atoms. The Balaban J connectivity index is 1.24. The summed E-state index contributed by atoms with van der Waals surface area (Å²) in [5.74, 6) is 1.17. The van der Waals surface area contributed by atoms with Gasteiger partial charge in [-0.05, 0) is 42.9 Å². The number of hydrogen-bond donors (Lipinski definition) is 1. The normalized spacial score (nSPS) is 22.0. The third-order valence-corrected chi connectivity index (χ3v) is 7.31. The second-order valence-corrected chi connectivity index (χ2v) is 9.53.